The molecule has 0 bridgehead atoms. The Labute approximate surface area is 154 Å². The standard InChI is InChI=1S/C21H26N2O3/c24-20(22-19-11-5-2-6-12-19)13-7-10-18(14-15-21(25)23-26)16-17-8-3-1-4-9-17/h1-6,8-9,11-12,18,26H,7,10,13-16H2,(H,22,24)(H,23,25). The molecule has 5 nitrogen and oxygen atoms in total. The van der Waals surface area contributed by atoms with Crippen molar-refractivity contribution in [3.63, 3.8) is 0 Å². The molecule has 138 valence electrons. The highest BCUT2D eigenvalue weighted by atomic mass is 16.5. The summed E-state index contributed by atoms with van der Waals surface area (Å²) in [6, 6.07) is 19.5. The van der Waals surface area contributed by atoms with Gasteiger partial charge < -0.3 is 5.32 Å². The number of hydroxylamine groups is 1. The summed E-state index contributed by atoms with van der Waals surface area (Å²) in [5.74, 6) is -0.0770. The predicted molar refractivity (Wildman–Crippen MR) is 102 cm³/mol. The fourth-order valence-corrected chi connectivity index (χ4v) is 2.98. The molecule has 0 aromatic heterocycles. The lowest BCUT2D eigenvalue weighted by atomic mass is 9.90. The van der Waals surface area contributed by atoms with Gasteiger partial charge >= 0.3 is 0 Å². The Morgan fingerprint density at radius 2 is 1.50 bits per heavy atom. The summed E-state index contributed by atoms with van der Waals surface area (Å²) in [7, 11) is 0. The lowest BCUT2D eigenvalue weighted by Crippen LogP contribution is -2.20. The summed E-state index contributed by atoms with van der Waals surface area (Å²) in [6.45, 7) is 0. The predicted octanol–water partition coefficient (Wildman–Crippen LogP) is 3.94. The topological polar surface area (TPSA) is 78.4 Å². The molecule has 2 aromatic rings. The van der Waals surface area contributed by atoms with Crippen molar-refractivity contribution in [1.29, 1.82) is 0 Å². The van der Waals surface area contributed by atoms with Gasteiger partial charge in [-0.05, 0) is 49.3 Å². The van der Waals surface area contributed by atoms with Crippen molar-refractivity contribution in [2.45, 2.75) is 38.5 Å². The van der Waals surface area contributed by atoms with Gasteiger partial charge in [-0.2, -0.15) is 0 Å². The molecule has 3 N–H and O–H groups in total. The Bertz CT molecular complexity index is 674. The first-order valence-corrected chi connectivity index (χ1v) is 8.99. The van der Waals surface area contributed by atoms with Gasteiger partial charge in [0, 0.05) is 18.5 Å². The van der Waals surface area contributed by atoms with Crippen molar-refractivity contribution >= 4 is 17.5 Å². The van der Waals surface area contributed by atoms with Crippen molar-refractivity contribution in [3.05, 3.63) is 66.2 Å². The Morgan fingerprint density at radius 1 is 0.846 bits per heavy atom. The van der Waals surface area contributed by atoms with Gasteiger partial charge in [0.2, 0.25) is 11.8 Å². The van der Waals surface area contributed by atoms with Crippen LogP contribution in [0.3, 0.4) is 0 Å². The van der Waals surface area contributed by atoms with Gasteiger partial charge in [0.1, 0.15) is 0 Å². The molecular weight excluding hydrogens is 328 g/mol. The second-order valence-electron chi connectivity index (χ2n) is 6.44. The fraction of sp³-hybridized carbons (Fsp3) is 0.333. The third-order valence-corrected chi connectivity index (χ3v) is 4.35. The van der Waals surface area contributed by atoms with Crippen LogP contribution >= 0.6 is 0 Å². The number of benzene rings is 2. The molecule has 0 saturated heterocycles. The van der Waals surface area contributed by atoms with Crippen molar-refractivity contribution in [2.24, 2.45) is 5.92 Å². The number of carbonyl (C=O) groups is 2. The van der Waals surface area contributed by atoms with Gasteiger partial charge in [0.25, 0.3) is 0 Å². The van der Waals surface area contributed by atoms with Gasteiger partial charge in [-0.15, -0.1) is 0 Å². The average Bonchev–Trinajstić information content (AvgIpc) is 2.67. The van der Waals surface area contributed by atoms with E-state index < -0.39 is 0 Å². The summed E-state index contributed by atoms with van der Waals surface area (Å²) >= 11 is 0. The first-order valence-electron chi connectivity index (χ1n) is 8.99. The zero-order chi connectivity index (χ0) is 18.6. The minimum Gasteiger partial charge on any atom is -0.326 e. The quantitative estimate of drug-likeness (QED) is 0.447. The van der Waals surface area contributed by atoms with Crippen molar-refractivity contribution < 1.29 is 14.8 Å². The van der Waals surface area contributed by atoms with Gasteiger partial charge in [-0.3, -0.25) is 14.8 Å². The SMILES string of the molecule is O=C(CCC(CCCC(=O)Nc1ccccc1)Cc1ccccc1)NO. The molecule has 0 heterocycles. The van der Waals surface area contributed by atoms with Gasteiger partial charge in [-0.1, -0.05) is 48.5 Å². The van der Waals surface area contributed by atoms with Crippen LogP contribution in [0.2, 0.25) is 0 Å². The van der Waals surface area contributed by atoms with E-state index in [1.807, 2.05) is 48.5 Å². The highest BCUT2D eigenvalue weighted by Crippen LogP contribution is 2.21. The molecule has 1 atom stereocenters. The molecule has 0 saturated carbocycles. The lowest BCUT2D eigenvalue weighted by Gasteiger charge is -2.16. The smallest absolute Gasteiger partial charge is 0.243 e. The Morgan fingerprint density at radius 3 is 2.15 bits per heavy atom. The zero-order valence-corrected chi connectivity index (χ0v) is 14.9. The maximum absolute atomic E-state index is 12.1. The van der Waals surface area contributed by atoms with Crippen LogP contribution in [0, 0.1) is 5.92 Å². The number of anilines is 1. The molecule has 2 aromatic carbocycles. The van der Waals surface area contributed by atoms with Crippen molar-refractivity contribution in [3.8, 4) is 0 Å². The minimum atomic E-state index is -0.370. The van der Waals surface area contributed by atoms with Crippen LogP contribution in [0.1, 0.15) is 37.7 Å². The molecule has 0 aliphatic rings. The fourth-order valence-electron chi connectivity index (χ4n) is 2.98. The second kappa shape index (κ2) is 11.1. The van der Waals surface area contributed by atoms with Gasteiger partial charge in [0.05, 0.1) is 0 Å². The van der Waals surface area contributed by atoms with E-state index in [0.29, 0.717) is 18.8 Å². The lowest BCUT2D eigenvalue weighted by molar-refractivity contribution is -0.129. The van der Waals surface area contributed by atoms with E-state index in [9.17, 15) is 9.59 Å². The summed E-state index contributed by atoms with van der Waals surface area (Å²) < 4.78 is 0. The molecule has 0 spiro atoms. The summed E-state index contributed by atoms with van der Waals surface area (Å²) in [5, 5.41) is 11.6. The monoisotopic (exact) mass is 354 g/mol. The molecule has 0 aliphatic heterocycles. The number of amides is 2. The van der Waals surface area contributed by atoms with E-state index in [1.54, 1.807) is 5.48 Å². The first kappa shape index (κ1) is 19.7. The van der Waals surface area contributed by atoms with Gasteiger partial charge in [0.15, 0.2) is 0 Å². The minimum absolute atomic E-state index is 0.00256. The molecule has 5 heteroatoms. The van der Waals surface area contributed by atoms with E-state index in [0.717, 1.165) is 24.9 Å². The van der Waals surface area contributed by atoms with Crippen molar-refractivity contribution in [2.75, 3.05) is 5.32 Å². The van der Waals surface area contributed by atoms with Crippen LogP contribution in [0.4, 0.5) is 5.69 Å². The number of hydrogen-bond donors (Lipinski definition) is 3. The second-order valence-corrected chi connectivity index (χ2v) is 6.44. The van der Waals surface area contributed by atoms with E-state index in [-0.39, 0.29) is 18.2 Å². The molecule has 1 unspecified atom stereocenters. The third kappa shape index (κ3) is 7.49. The van der Waals surface area contributed by atoms with Crippen LogP contribution in [-0.4, -0.2) is 17.0 Å². The highest BCUT2D eigenvalue weighted by Gasteiger charge is 2.13. The van der Waals surface area contributed by atoms with Crippen LogP contribution in [0.15, 0.2) is 60.7 Å². The molecule has 26 heavy (non-hydrogen) atoms. The molecular formula is C21H26N2O3. The summed E-state index contributed by atoms with van der Waals surface area (Å²) in [6.07, 6.45) is 3.89. The van der Waals surface area contributed by atoms with E-state index in [2.05, 4.69) is 17.4 Å². The Kier molecular flexibility index (Phi) is 8.36. The number of rotatable bonds is 10. The largest absolute Gasteiger partial charge is 0.326 e. The molecule has 0 aliphatic carbocycles. The van der Waals surface area contributed by atoms with E-state index in [1.165, 1.54) is 5.56 Å². The maximum atomic E-state index is 12.1. The van der Waals surface area contributed by atoms with Crippen LogP contribution in [-0.2, 0) is 16.0 Å². The van der Waals surface area contributed by atoms with Crippen LogP contribution < -0.4 is 10.8 Å². The Balaban J connectivity index is 1.81. The van der Waals surface area contributed by atoms with Gasteiger partial charge in [-0.25, -0.2) is 5.48 Å². The number of hydrogen-bond acceptors (Lipinski definition) is 3. The Hall–Kier alpha value is -2.66. The average molecular weight is 354 g/mol. The molecule has 0 radical (unpaired) electrons. The number of carbonyl (C=O) groups excluding carboxylic acids is 2. The van der Waals surface area contributed by atoms with Crippen molar-refractivity contribution in [1.82, 2.24) is 5.48 Å². The third-order valence-electron chi connectivity index (χ3n) is 4.35. The first-order chi connectivity index (χ1) is 12.7. The zero-order valence-electron chi connectivity index (χ0n) is 14.9. The highest BCUT2D eigenvalue weighted by molar-refractivity contribution is 5.90. The molecule has 0 fully saturated rings. The number of nitrogens with one attached hydrogen (secondary N) is 2. The molecule has 2 amide bonds. The normalized spacial score (nSPS) is 11.6. The molecule has 2 rings (SSSR count). The van der Waals surface area contributed by atoms with Crippen LogP contribution in [0.25, 0.3) is 0 Å². The maximum Gasteiger partial charge on any atom is 0.243 e. The van der Waals surface area contributed by atoms with Crippen LogP contribution in [0.5, 0.6) is 0 Å². The van der Waals surface area contributed by atoms with E-state index >= 15 is 0 Å². The summed E-state index contributed by atoms with van der Waals surface area (Å²) in [5.41, 5.74) is 3.70. The summed E-state index contributed by atoms with van der Waals surface area (Å²) in [4.78, 5) is 23.4. The van der Waals surface area contributed by atoms with E-state index in [4.69, 9.17) is 5.21 Å². The number of para-hydroxylation sites is 1.